The summed E-state index contributed by atoms with van der Waals surface area (Å²) in [6, 6.07) is 0. The molecular weight excluding hydrogens is 450 g/mol. The predicted molar refractivity (Wildman–Crippen MR) is 144 cm³/mol. The summed E-state index contributed by atoms with van der Waals surface area (Å²) in [6.45, 7) is 7.52. The number of aliphatic carboxylic acids is 1. The van der Waals surface area contributed by atoms with Crippen molar-refractivity contribution < 1.29 is 19.8 Å². The van der Waals surface area contributed by atoms with Crippen LogP contribution < -0.4 is 0 Å². The number of fused-ring (bicyclic) bond motifs is 5. The second-order valence-corrected chi connectivity index (χ2v) is 13.1. The van der Waals surface area contributed by atoms with Crippen molar-refractivity contribution in [2.75, 3.05) is 0 Å². The van der Waals surface area contributed by atoms with Gasteiger partial charge in [0.15, 0.2) is 0 Å². The third-order valence-corrected chi connectivity index (χ3v) is 11.1. The number of allylic oxidation sites excluding steroid dienone is 1. The molecule has 202 valence electrons. The van der Waals surface area contributed by atoms with Crippen LogP contribution in [-0.4, -0.2) is 34.4 Å². The van der Waals surface area contributed by atoms with Crippen molar-refractivity contribution >= 4 is 18.1 Å². The van der Waals surface area contributed by atoms with Crippen molar-refractivity contribution in [2.24, 2.45) is 45.4 Å². The molecule has 0 bridgehead atoms. The Labute approximate surface area is 218 Å². The second kappa shape index (κ2) is 11.5. The Morgan fingerprint density at radius 1 is 1.08 bits per heavy atom. The number of nitrogens with zero attached hydrogens (tertiary/aromatic N) is 1. The summed E-state index contributed by atoms with van der Waals surface area (Å²) >= 11 is 0. The highest BCUT2D eigenvalue weighted by molar-refractivity contribution is 5.84. The van der Waals surface area contributed by atoms with Crippen LogP contribution in [0.4, 0.5) is 0 Å². The maximum absolute atomic E-state index is 12.2. The largest absolute Gasteiger partial charge is 0.481 e. The highest BCUT2D eigenvalue weighted by Crippen LogP contribution is 2.67. The minimum absolute atomic E-state index is 0.0351. The van der Waals surface area contributed by atoms with Crippen LogP contribution in [0.15, 0.2) is 16.6 Å². The van der Waals surface area contributed by atoms with E-state index in [0.717, 1.165) is 62.2 Å². The van der Waals surface area contributed by atoms with Gasteiger partial charge in [-0.25, -0.2) is 4.99 Å². The molecule has 3 saturated carbocycles. The molecule has 4 aliphatic rings. The number of carboxylic acids is 1. The van der Waals surface area contributed by atoms with Gasteiger partial charge in [0.1, 0.15) is 0 Å². The summed E-state index contributed by atoms with van der Waals surface area (Å²) in [6.07, 6.45) is 18.5. The molecule has 2 N–H and O–H groups in total. The van der Waals surface area contributed by atoms with Crippen LogP contribution in [0, 0.1) is 40.4 Å². The number of aliphatic hydroxyl groups is 1. The van der Waals surface area contributed by atoms with E-state index in [1.54, 1.807) is 11.8 Å². The third-order valence-electron chi connectivity index (χ3n) is 11.1. The Bertz CT molecular complexity index is 865. The molecule has 0 spiro atoms. The van der Waals surface area contributed by atoms with Gasteiger partial charge in [0.2, 0.25) is 5.91 Å². The number of carboxylic acid groups (broad SMARTS) is 1. The lowest BCUT2D eigenvalue weighted by molar-refractivity contribution is -0.137. The third kappa shape index (κ3) is 5.66. The molecule has 4 rings (SSSR count). The standard InChI is InChI=1S/C31H49NO4/c1-21(8-7-9-28(34)32-19-6-4-5-10-29(35)36)25-13-14-26-24-12-11-22-20-23(33)15-17-30(22,2)27(24)16-18-31(25,26)3/h11,19,21,23-27,33H,4-10,12-18,20H2,1-3H3,(H,35,36)/t21-,23?,24+,25-,26+,27+,30+,31-/m1/s1. The molecule has 8 atom stereocenters. The number of aliphatic imine (C=N–C) groups is 1. The van der Waals surface area contributed by atoms with Gasteiger partial charge in [-0.15, -0.1) is 0 Å². The quantitative estimate of drug-likeness (QED) is 0.193. The summed E-state index contributed by atoms with van der Waals surface area (Å²) in [7, 11) is 0. The van der Waals surface area contributed by atoms with E-state index in [0.29, 0.717) is 36.0 Å². The molecule has 0 aromatic heterocycles. The van der Waals surface area contributed by atoms with Gasteiger partial charge in [0.25, 0.3) is 0 Å². The number of hydrogen-bond donors (Lipinski definition) is 2. The summed E-state index contributed by atoms with van der Waals surface area (Å²) in [5.41, 5.74) is 2.29. The fourth-order valence-corrected chi connectivity index (χ4v) is 9.14. The molecule has 4 aliphatic carbocycles. The molecule has 36 heavy (non-hydrogen) atoms. The van der Waals surface area contributed by atoms with Crippen LogP contribution in [0.3, 0.4) is 0 Å². The van der Waals surface area contributed by atoms with Crippen LogP contribution in [-0.2, 0) is 9.59 Å². The highest BCUT2D eigenvalue weighted by atomic mass is 16.4. The van der Waals surface area contributed by atoms with Crippen molar-refractivity contribution in [1.29, 1.82) is 0 Å². The first-order valence-corrected chi connectivity index (χ1v) is 14.8. The van der Waals surface area contributed by atoms with Crippen molar-refractivity contribution in [3.05, 3.63) is 11.6 Å². The number of amides is 1. The summed E-state index contributed by atoms with van der Waals surface area (Å²) in [5, 5.41) is 18.9. The number of carbonyl (C=O) groups is 2. The van der Waals surface area contributed by atoms with Gasteiger partial charge in [0.05, 0.1) is 6.10 Å². The Hall–Kier alpha value is -1.49. The van der Waals surface area contributed by atoms with E-state index in [1.807, 2.05) is 0 Å². The molecule has 0 aromatic carbocycles. The molecular formula is C31H49NO4. The van der Waals surface area contributed by atoms with Gasteiger partial charge in [-0.3, -0.25) is 9.59 Å². The first-order chi connectivity index (χ1) is 17.1. The molecule has 0 heterocycles. The Kier molecular flexibility index (Phi) is 8.79. The van der Waals surface area contributed by atoms with Gasteiger partial charge in [0, 0.05) is 19.1 Å². The molecule has 0 aromatic rings. The van der Waals surface area contributed by atoms with Crippen LogP contribution in [0.1, 0.15) is 117 Å². The van der Waals surface area contributed by atoms with Crippen LogP contribution in [0.2, 0.25) is 0 Å². The molecule has 5 nitrogen and oxygen atoms in total. The number of rotatable bonds is 10. The normalized spacial score (nSPS) is 38.7. The maximum atomic E-state index is 12.2. The average Bonchev–Trinajstić information content (AvgIpc) is 3.19. The molecule has 5 heteroatoms. The van der Waals surface area contributed by atoms with E-state index in [2.05, 4.69) is 31.8 Å². The number of carbonyl (C=O) groups excluding carboxylic acids is 1. The van der Waals surface area contributed by atoms with Crippen LogP contribution in [0.25, 0.3) is 0 Å². The van der Waals surface area contributed by atoms with Gasteiger partial charge < -0.3 is 10.2 Å². The zero-order chi connectivity index (χ0) is 25.9. The van der Waals surface area contributed by atoms with E-state index in [9.17, 15) is 14.7 Å². The zero-order valence-electron chi connectivity index (χ0n) is 22.9. The SMILES string of the molecule is C[C@H](CCCC(=O)N=CCCCCC(=O)O)[C@H]1CC[C@H]2[C@@H]3CC=C4CC(O)CC[C@]4(C)[C@H]3CC[C@]12C. The van der Waals surface area contributed by atoms with Gasteiger partial charge in [-0.1, -0.05) is 32.4 Å². The number of hydrogen-bond acceptors (Lipinski definition) is 3. The molecule has 0 aliphatic heterocycles. The van der Waals surface area contributed by atoms with Gasteiger partial charge in [-0.2, -0.15) is 0 Å². The summed E-state index contributed by atoms with van der Waals surface area (Å²) in [4.78, 5) is 26.8. The number of unbranched alkanes of at least 4 members (excludes halogenated alkanes) is 2. The highest BCUT2D eigenvalue weighted by Gasteiger charge is 2.59. The first kappa shape index (κ1) is 27.5. The lowest BCUT2D eigenvalue weighted by atomic mass is 9.47. The Morgan fingerprint density at radius 2 is 1.89 bits per heavy atom. The summed E-state index contributed by atoms with van der Waals surface area (Å²) in [5.74, 6) is 3.00. The summed E-state index contributed by atoms with van der Waals surface area (Å²) < 4.78 is 0. The zero-order valence-corrected chi connectivity index (χ0v) is 22.9. The van der Waals surface area contributed by atoms with Gasteiger partial charge >= 0.3 is 5.97 Å². The van der Waals surface area contributed by atoms with E-state index in [-0.39, 0.29) is 18.4 Å². The monoisotopic (exact) mass is 499 g/mol. The fourth-order valence-electron chi connectivity index (χ4n) is 9.14. The van der Waals surface area contributed by atoms with E-state index >= 15 is 0 Å². The average molecular weight is 500 g/mol. The van der Waals surface area contributed by atoms with Crippen LogP contribution in [0.5, 0.6) is 0 Å². The van der Waals surface area contributed by atoms with Crippen molar-refractivity contribution in [3.8, 4) is 0 Å². The van der Waals surface area contributed by atoms with Crippen LogP contribution >= 0.6 is 0 Å². The second-order valence-electron chi connectivity index (χ2n) is 13.1. The van der Waals surface area contributed by atoms with Crippen molar-refractivity contribution in [1.82, 2.24) is 0 Å². The topological polar surface area (TPSA) is 87.0 Å². The van der Waals surface area contributed by atoms with Gasteiger partial charge in [-0.05, 0) is 124 Å². The predicted octanol–water partition coefficient (Wildman–Crippen LogP) is 6.98. The van der Waals surface area contributed by atoms with E-state index in [4.69, 9.17) is 5.11 Å². The van der Waals surface area contributed by atoms with Crippen molar-refractivity contribution in [2.45, 2.75) is 123 Å². The fraction of sp³-hybridized carbons (Fsp3) is 0.839. The van der Waals surface area contributed by atoms with E-state index in [1.165, 1.54) is 32.1 Å². The molecule has 1 amide bonds. The molecule has 1 unspecified atom stereocenters. The lowest BCUT2D eigenvalue weighted by Gasteiger charge is -2.58. The molecule has 0 saturated heterocycles. The first-order valence-electron chi connectivity index (χ1n) is 14.8. The minimum atomic E-state index is -0.767. The maximum Gasteiger partial charge on any atom is 0.303 e. The number of aliphatic hydroxyl groups excluding tert-OH is 1. The lowest BCUT2D eigenvalue weighted by Crippen LogP contribution is -2.50. The smallest absolute Gasteiger partial charge is 0.303 e. The molecule has 0 radical (unpaired) electrons. The van der Waals surface area contributed by atoms with E-state index < -0.39 is 5.97 Å². The Morgan fingerprint density at radius 3 is 2.67 bits per heavy atom. The van der Waals surface area contributed by atoms with Crippen molar-refractivity contribution in [3.63, 3.8) is 0 Å². The Balaban J connectivity index is 1.27. The molecule has 3 fully saturated rings. The minimum Gasteiger partial charge on any atom is -0.481 e.